The Kier molecular flexibility index (Phi) is 8.09. The molecule has 0 radical (unpaired) electrons. The molecule has 0 aromatic heterocycles. The normalized spacial score (nSPS) is 14.3. The van der Waals surface area contributed by atoms with E-state index in [1.165, 1.54) is 12.1 Å². The summed E-state index contributed by atoms with van der Waals surface area (Å²) in [5, 5.41) is 0.931. The van der Waals surface area contributed by atoms with Gasteiger partial charge in [0.05, 0.1) is 21.0 Å². The Bertz CT molecular complexity index is 845. The minimum atomic E-state index is -3.76. The molecule has 0 aliphatic carbocycles. The second-order valence-corrected chi connectivity index (χ2v) is 8.97. The smallest absolute Gasteiger partial charge is 0.262 e. The fraction of sp³-hybridized carbons (Fsp3) is 0.368. The first-order chi connectivity index (χ1) is 12.7. The van der Waals surface area contributed by atoms with E-state index in [-0.39, 0.29) is 16.9 Å². The second-order valence-electron chi connectivity index (χ2n) is 6.51. The van der Waals surface area contributed by atoms with E-state index in [1.807, 2.05) is 32.0 Å². The summed E-state index contributed by atoms with van der Waals surface area (Å²) in [4.78, 5) is 10.1. The largest absolute Gasteiger partial charge is 0.309 e. The number of hydrogen-bond acceptors (Lipinski definition) is 4. The molecule has 8 heteroatoms. The lowest BCUT2D eigenvalue weighted by Crippen LogP contribution is -2.36. The van der Waals surface area contributed by atoms with Crippen LogP contribution >= 0.6 is 23.2 Å². The van der Waals surface area contributed by atoms with Gasteiger partial charge < -0.3 is 4.90 Å². The zero-order valence-corrected chi connectivity index (χ0v) is 17.9. The van der Waals surface area contributed by atoms with Crippen LogP contribution in [0.5, 0.6) is 0 Å². The Morgan fingerprint density at radius 3 is 2.30 bits per heavy atom. The summed E-state index contributed by atoms with van der Waals surface area (Å²) in [7, 11) is 0.142. The summed E-state index contributed by atoms with van der Waals surface area (Å²) in [6, 6.07) is 13.5. The van der Waals surface area contributed by atoms with Gasteiger partial charge in [-0.3, -0.25) is 4.84 Å². The summed E-state index contributed by atoms with van der Waals surface area (Å²) in [6.45, 7) is 2.60. The molecule has 0 fully saturated rings. The number of likely N-dealkylation sites (N-methyl/N-ethyl adjacent to an activating group) is 1. The van der Waals surface area contributed by atoms with E-state index < -0.39 is 10.0 Å². The molecule has 0 heterocycles. The Morgan fingerprint density at radius 2 is 1.74 bits per heavy atom. The molecule has 0 amide bonds. The first-order valence-corrected chi connectivity index (χ1v) is 10.8. The van der Waals surface area contributed by atoms with Crippen molar-refractivity contribution in [2.75, 3.05) is 20.6 Å². The van der Waals surface area contributed by atoms with Crippen molar-refractivity contribution in [2.45, 2.75) is 30.3 Å². The van der Waals surface area contributed by atoms with Gasteiger partial charge in [-0.1, -0.05) is 59.3 Å². The van der Waals surface area contributed by atoms with E-state index in [4.69, 9.17) is 28.0 Å². The first kappa shape index (κ1) is 22.1. The van der Waals surface area contributed by atoms with Gasteiger partial charge in [-0.2, -0.15) is 0 Å². The number of nitrogens with one attached hydrogen (secondary N) is 1. The molecule has 0 saturated heterocycles. The van der Waals surface area contributed by atoms with E-state index in [2.05, 4.69) is 4.89 Å². The molecule has 2 aromatic carbocycles. The summed E-state index contributed by atoms with van der Waals surface area (Å²) < 4.78 is 24.9. The Morgan fingerprint density at radius 1 is 1.07 bits per heavy atom. The summed E-state index contributed by atoms with van der Waals surface area (Å²) >= 11 is 12.2. The third-order valence-corrected chi connectivity index (χ3v) is 6.09. The van der Waals surface area contributed by atoms with E-state index in [1.54, 1.807) is 30.3 Å². The molecule has 0 aliphatic heterocycles. The van der Waals surface area contributed by atoms with Crippen LogP contribution in [0, 0.1) is 0 Å². The molecule has 0 unspecified atom stereocenters. The maximum Gasteiger partial charge on any atom is 0.262 e. The van der Waals surface area contributed by atoms with Crippen LogP contribution in [-0.4, -0.2) is 40.1 Å². The Hall–Kier alpha value is -1.15. The molecular formula is C19H24Cl2N2O3S. The van der Waals surface area contributed by atoms with Crippen LogP contribution < -0.4 is 4.89 Å². The van der Waals surface area contributed by atoms with Crippen molar-refractivity contribution in [2.24, 2.45) is 0 Å². The highest BCUT2D eigenvalue weighted by Gasteiger charge is 2.26. The summed E-state index contributed by atoms with van der Waals surface area (Å²) in [6.07, 6.45) is 0.221. The van der Waals surface area contributed by atoms with Gasteiger partial charge in [0, 0.05) is 12.5 Å². The van der Waals surface area contributed by atoms with Gasteiger partial charge in [-0.15, -0.1) is 0 Å². The highest BCUT2D eigenvalue weighted by atomic mass is 35.5. The van der Waals surface area contributed by atoms with Gasteiger partial charge in [0.1, 0.15) is 0 Å². The fourth-order valence-electron chi connectivity index (χ4n) is 2.80. The Balaban J connectivity index is 2.23. The zero-order valence-electron chi connectivity index (χ0n) is 15.5. The third kappa shape index (κ3) is 6.17. The van der Waals surface area contributed by atoms with Crippen molar-refractivity contribution in [1.82, 2.24) is 9.79 Å². The molecule has 148 valence electrons. The molecule has 0 spiro atoms. The minimum absolute atomic E-state index is 0.0989. The lowest BCUT2D eigenvalue weighted by Gasteiger charge is -2.29. The quantitative estimate of drug-likeness (QED) is 0.601. The molecule has 0 saturated carbocycles. The van der Waals surface area contributed by atoms with Crippen LogP contribution in [0.3, 0.4) is 0 Å². The number of sulfonamides is 1. The van der Waals surface area contributed by atoms with Gasteiger partial charge in [0.25, 0.3) is 10.0 Å². The summed E-state index contributed by atoms with van der Waals surface area (Å²) in [5.74, 6) is -0.0989. The number of nitrogens with zero attached hydrogens (tertiary/aromatic N) is 1. The van der Waals surface area contributed by atoms with Gasteiger partial charge >= 0.3 is 0 Å². The number of benzene rings is 2. The van der Waals surface area contributed by atoms with Gasteiger partial charge in [-0.25, -0.2) is 8.42 Å². The van der Waals surface area contributed by atoms with Crippen molar-refractivity contribution < 1.29 is 13.3 Å². The van der Waals surface area contributed by atoms with Crippen LogP contribution in [0.25, 0.3) is 0 Å². The standard InChI is InChI=1S/C19H24Cl2N2O3S/c1-4-19(26-22-27(24,25)15-8-6-5-7-9-15)16(13-23(2)3)14-10-11-17(20)18(21)12-14/h5-12,16,19,22H,4,13H2,1-3H3/t16-,19+/m0/s1. The average Bonchev–Trinajstić information content (AvgIpc) is 2.64. The molecule has 0 aliphatic rings. The first-order valence-electron chi connectivity index (χ1n) is 8.56. The van der Waals surface area contributed by atoms with Crippen molar-refractivity contribution in [3.05, 3.63) is 64.1 Å². The highest BCUT2D eigenvalue weighted by Crippen LogP contribution is 2.30. The predicted octanol–water partition coefficient (Wildman–Crippen LogP) is 4.33. The molecule has 0 bridgehead atoms. The van der Waals surface area contributed by atoms with Crippen LogP contribution in [-0.2, 0) is 14.9 Å². The van der Waals surface area contributed by atoms with E-state index in [0.29, 0.717) is 23.0 Å². The topological polar surface area (TPSA) is 58.6 Å². The lowest BCUT2D eigenvalue weighted by molar-refractivity contribution is -0.00630. The highest BCUT2D eigenvalue weighted by molar-refractivity contribution is 7.89. The molecule has 2 atom stereocenters. The van der Waals surface area contributed by atoms with Crippen molar-refractivity contribution in [3.8, 4) is 0 Å². The van der Waals surface area contributed by atoms with Crippen LogP contribution in [0.1, 0.15) is 24.8 Å². The van der Waals surface area contributed by atoms with Crippen LogP contribution in [0.4, 0.5) is 0 Å². The lowest BCUT2D eigenvalue weighted by atomic mass is 9.91. The van der Waals surface area contributed by atoms with Crippen molar-refractivity contribution >= 4 is 33.2 Å². The van der Waals surface area contributed by atoms with Crippen LogP contribution in [0.2, 0.25) is 10.0 Å². The fourth-order valence-corrected chi connectivity index (χ4v) is 3.97. The number of rotatable bonds is 9. The molecule has 1 N–H and O–H groups in total. The molecule has 2 rings (SSSR count). The van der Waals surface area contributed by atoms with E-state index >= 15 is 0 Å². The Labute approximate surface area is 171 Å². The molecule has 5 nitrogen and oxygen atoms in total. The third-order valence-electron chi connectivity index (χ3n) is 4.15. The van der Waals surface area contributed by atoms with Gasteiger partial charge in [0.15, 0.2) is 0 Å². The summed E-state index contributed by atoms with van der Waals surface area (Å²) in [5.41, 5.74) is 0.934. The minimum Gasteiger partial charge on any atom is -0.309 e. The number of hydrogen-bond donors (Lipinski definition) is 1. The van der Waals surface area contributed by atoms with E-state index in [9.17, 15) is 8.42 Å². The SMILES string of the molecule is CC[C@@H](ONS(=O)(=O)c1ccccc1)[C@@H](CN(C)C)c1ccc(Cl)c(Cl)c1. The van der Waals surface area contributed by atoms with Gasteiger partial charge in [-0.05, 0) is 50.3 Å². The zero-order chi connectivity index (χ0) is 20.0. The van der Waals surface area contributed by atoms with Gasteiger partial charge in [0.2, 0.25) is 0 Å². The maximum absolute atomic E-state index is 12.4. The van der Waals surface area contributed by atoms with Crippen LogP contribution in [0.15, 0.2) is 53.4 Å². The molecule has 2 aromatic rings. The average molecular weight is 431 g/mol. The van der Waals surface area contributed by atoms with Crippen molar-refractivity contribution in [1.29, 1.82) is 0 Å². The predicted molar refractivity (Wildman–Crippen MR) is 110 cm³/mol. The monoisotopic (exact) mass is 430 g/mol. The number of halogens is 2. The molecular weight excluding hydrogens is 407 g/mol. The molecule has 27 heavy (non-hydrogen) atoms. The van der Waals surface area contributed by atoms with Crippen molar-refractivity contribution in [3.63, 3.8) is 0 Å². The maximum atomic E-state index is 12.4. The second kappa shape index (κ2) is 9.87. The van der Waals surface area contributed by atoms with E-state index in [0.717, 1.165) is 5.56 Å².